The molecule has 1 amide bonds. The summed E-state index contributed by atoms with van der Waals surface area (Å²) in [7, 11) is 0. The summed E-state index contributed by atoms with van der Waals surface area (Å²) in [6, 6.07) is 4.19. The maximum atomic E-state index is 13.4. The standard InChI is InChI=1S/C12H13ClFNO4/c13-9-2-1-3-10(14)8(9)6-11(16)15-4-5-19-7-12(17)18/h1-3H,4-7H2,(H,15,16)(H,17,18). The van der Waals surface area contributed by atoms with E-state index in [0.717, 1.165) is 0 Å². The maximum absolute atomic E-state index is 13.4. The lowest BCUT2D eigenvalue weighted by molar-refractivity contribution is -0.142. The number of carbonyl (C=O) groups is 2. The lowest BCUT2D eigenvalue weighted by atomic mass is 10.1. The molecule has 0 aliphatic rings. The first-order valence-electron chi connectivity index (χ1n) is 5.50. The molecule has 0 aliphatic heterocycles. The zero-order chi connectivity index (χ0) is 14.3. The topological polar surface area (TPSA) is 75.6 Å². The van der Waals surface area contributed by atoms with E-state index in [9.17, 15) is 14.0 Å². The molecule has 0 atom stereocenters. The van der Waals surface area contributed by atoms with Crippen molar-refractivity contribution < 1.29 is 23.8 Å². The minimum atomic E-state index is -1.08. The second-order valence-corrected chi connectivity index (χ2v) is 4.08. The number of hydrogen-bond donors (Lipinski definition) is 2. The normalized spacial score (nSPS) is 10.2. The highest BCUT2D eigenvalue weighted by molar-refractivity contribution is 6.31. The maximum Gasteiger partial charge on any atom is 0.329 e. The van der Waals surface area contributed by atoms with Gasteiger partial charge in [0, 0.05) is 17.1 Å². The van der Waals surface area contributed by atoms with Gasteiger partial charge in [-0.1, -0.05) is 17.7 Å². The Bertz CT molecular complexity index is 447. The third-order valence-corrected chi connectivity index (χ3v) is 2.55. The number of ether oxygens (including phenoxy) is 1. The number of carboxylic acid groups (broad SMARTS) is 1. The van der Waals surface area contributed by atoms with Crippen LogP contribution in [0.4, 0.5) is 4.39 Å². The molecule has 0 unspecified atom stereocenters. The summed E-state index contributed by atoms with van der Waals surface area (Å²) in [5.74, 6) is -2.03. The Morgan fingerprint density at radius 3 is 2.79 bits per heavy atom. The summed E-state index contributed by atoms with van der Waals surface area (Å²) in [6.45, 7) is -0.198. The third-order valence-electron chi connectivity index (χ3n) is 2.19. The van der Waals surface area contributed by atoms with Crippen molar-refractivity contribution in [1.82, 2.24) is 5.32 Å². The van der Waals surface area contributed by atoms with Gasteiger partial charge in [0.25, 0.3) is 0 Å². The number of carbonyl (C=O) groups excluding carboxylic acids is 1. The quantitative estimate of drug-likeness (QED) is 0.741. The van der Waals surface area contributed by atoms with E-state index in [1.165, 1.54) is 18.2 Å². The predicted molar refractivity (Wildman–Crippen MR) is 66.6 cm³/mol. The Labute approximate surface area is 114 Å². The van der Waals surface area contributed by atoms with Gasteiger partial charge in [0.1, 0.15) is 12.4 Å². The highest BCUT2D eigenvalue weighted by atomic mass is 35.5. The van der Waals surface area contributed by atoms with Crippen molar-refractivity contribution in [2.45, 2.75) is 6.42 Å². The van der Waals surface area contributed by atoms with Crippen molar-refractivity contribution in [2.75, 3.05) is 19.8 Å². The van der Waals surface area contributed by atoms with E-state index >= 15 is 0 Å². The van der Waals surface area contributed by atoms with Crippen molar-refractivity contribution in [3.63, 3.8) is 0 Å². The molecule has 0 bridgehead atoms. The molecule has 0 fully saturated rings. The number of aliphatic carboxylic acids is 1. The van der Waals surface area contributed by atoms with Crippen molar-refractivity contribution in [3.8, 4) is 0 Å². The molecule has 0 spiro atoms. The van der Waals surface area contributed by atoms with E-state index in [2.05, 4.69) is 5.32 Å². The fraction of sp³-hybridized carbons (Fsp3) is 0.333. The van der Waals surface area contributed by atoms with Crippen LogP contribution in [-0.4, -0.2) is 36.7 Å². The van der Waals surface area contributed by atoms with Crippen LogP contribution in [0.5, 0.6) is 0 Å². The predicted octanol–water partition coefficient (Wildman–Crippen LogP) is 1.24. The summed E-state index contributed by atoms with van der Waals surface area (Å²) in [4.78, 5) is 21.6. The van der Waals surface area contributed by atoms with Crippen molar-refractivity contribution >= 4 is 23.5 Å². The van der Waals surface area contributed by atoms with Crippen LogP contribution in [0.15, 0.2) is 18.2 Å². The van der Waals surface area contributed by atoms with Crippen molar-refractivity contribution in [1.29, 1.82) is 0 Å². The van der Waals surface area contributed by atoms with Gasteiger partial charge >= 0.3 is 5.97 Å². The van der Waals surface area contributed by atoms with Crippen LogP contribution in [0.25, 0.3) is 0 Å². The lowest BCUT2D eigenvalue weighted by Gasteiger charge is -2.07. The zero-order valence-electron chi connectivity index (χ0n) is 9.99. The van der Waals surface area contributed by atoms with Crippen LogP contribution in [0, 0.1) is 5.82 Å². The molecule has 2 N–H and O–H groups in total. The largest absolute Gasteiger partial charge is 0.480 e. The van der Waals surface area contributed by atoms with Crippen LogP contribution in [-0.2, 0) is 20.7 Å². The second-order valence-electron chi connectivity index (χ2n) is 3.67. The molecule has 0 heterocycles. The number of benzene rings is 1. The summed E-state index contributed by atoms with van der Waals surface area (Å²) < 4.78 is 18.1. The van der Waals surface area contributed by atoms with Crippen molar-refractivity contribution in [3.05, 3.63) is 34.6 Å². The molecule has 0 aliphatic carbocycles. The average Bonchev–Trinajstić information content (AvgIpc) is 2.33. The molecule has 1 aromatic carbocycles. The fourth-order valence-electron chi connectivity index (χ4n) is 1.35. The summed E-state index contributed by atoms with van der Waals surface area (Å²) in [5, 5.41) is 11.0. The van der Waals surface area contributed by atoms with E-state index in [1.807, 2.05) is 0 Å². The Hall–Kier alpha value is -1.66. The molecule has 19 heavy (non-hydrogen) atoms. The van der Waals surface area contributed by atoms with Crippen LogP contribution < -0.4 is 5.32 Å². The van der Waals surface area contributed by atoms with Crippen LogP contribution in [0.1, 0.15) is 5.56 Å². The first-order chi connectivity index (χ1) is 9.00. The number of halogens is 2. The van der Waals surface area contributed by atoms with E-state index in [1.54, 1.807) is 0 Å². The number of hydrogen-bond acceptors (Lipinski definition) is 3. The minimum Gasteiger partial charge on any atom is -0.480 e. The molecule has 0 saturated heterocycles. The van der Waals surface area contributed by atoms with Gasteiger partial charge in [-0.3, -0.25) is 4.79 Å². The number of nitrogens with one attached hydrogen (secondary N) is 1. The second kappa shape index (κ2) is 7.70. The van der Waals surface area contributed by atoms with Gasteiger partial charge in [0.05, 0.1) is 13.0 Å². The summed E-state index contributed by atoms with van der Waals surface area (Å²) >= 11 is 5.78. The smallest absolute Gasteiger partial charge is 0.329 e. The molecule has 0 radical (unpaired) electrons. The van der Waals surface area contributed by atoms with Gasteiger partial charge in [0.15, 0.2) is 0 Å². The van der Waals surface area contributed by atoms with Gasteiger partial charge in [-0.15, -0.1) is 0 Å². The average molecular weight is 290 g/mol. The number of amides is 1. The molecule has 1 aromatic rings. The van der Waals surface area contributed by atoms with Crippen LogP contribution in [0.3, 0.4) is 0 Å². The number of carboxylic acids is 1. The highest BCUT2D eigenvalue weighted by Crippen LogP contribution is 2.19. The molecule has 7 heteroatoms. The van der Waals surface area contributed by atoms with Crippen LogP contribution in [0.2, 0.25) is 5.02 Å². The Kier molecular flexibility index (Phi) is 6.24. The fourth-order valence-corrected chi connectivity index (χ4v) is 1.58. The molecule has 0 aromatic heterocycles. The summed E-state index contributed by atoms with van der Waals surface area (Å²) in [5.41, 5.74) is 0.133. The summed E-state index contributed by atoms with van der Waals surface area (Å²) in [6.07, 6.45) is -0.176. The Morgan fingerprint density at radius 1 is 1.42 bits per heavy atom. The minimum absolute atomic E-state index is 0.0725. The van der Waals surface area contributed by atoms with E-state index < -0.39 is 24.3 Å². The van der Waals surface area contributed by atoms with E-state index in [-0.39, 0.29) is 30.2 Å². The van der Waals surface area contributed by atoms with Crippen molar-refractivity contribution in [2.24, 2.45) is 0 Å². The molecule has 0 saturated carbocycles. The van der Waals surface area contributed by atoms with Gasteiger partial charge < -0.3 is 15.2 Å². The molecule has 1 rings (SSSR count). The third kappa shape index (κ3) is 5.67. The van der Waals surface area contributed by atoms with Gasteiger partial charge in [-0.05, 0) is 12.1 Å². The first-order valence-corrected chi connectivity index (χ1v) is 5.87. The number of rotatable bonds is 7. The SMILES string of the molecule is O=C(O)COCCNC(=O)Cc1c(F)cccc1Cl. The lowest BCUT2D eigenvalue weighted by Crippen LogP contribution is -2.29. The zero-order valence-corrected chi connectivity index (χ0v) is 10.7. The first kappa shape index (κ1) is 15.4. The molecule has 5 nitrogen and oxygen atoms in total. The Morgan fingerprint density at radius 2 is 2.16 bits per heavy atom. The van der Waals surface area contributed by atoms with Gasteiger partial charge in [0.2, 0.25) is 5.91 Å². The van der Waals surface area contributed by atoms with E-state index in [4.69, 9.17) is 21.4 Å². The molecular formula is C12H13ClFNO4. The van der Waals surface area contributed by atoms with Gasteiger partial charge in [-0.2, -0.15) is 0 Å². The highest BCUT2D eigenvalue weighted by Gasteiger charge is 2.11. The van der Waals surface area contributed by atoms with Crippen LogP contribution >= 0.6 is 11.6 Å². The monoisotopic (exact) mass is 289 g/mol. The Balaban J connectivity index is 2.33. The van der Waals surface area contributed by atoms with E-state index in [0.29, 0.717) is 0 Å². The molecular weight excluding hydrogens is 277 g/mol. The molecule has 104 valence electrons. The van der Waals surface area contributed by atoms with Gasteiger partial charge in [-0.25, -0.2) is 9.18 Å².